The number of aromatic nitrogens is 4. The van der Waals surface area contributed by atoms with Gasteiger partial charge in [0.1, 0.15) is 11.9 Å². The van der Waals surface area contributed by atoms with Crippen molar-refractivity contribution in [2.24, 2.45) is 14.1 Å². The molecule has 1 atom stereocenters. The molecule has 0 spiro atoms. The average molecular weight is 328 g/mol. The monoisotopic (exact) mass is 328 g/mol. The van der Waals surface area contributed by atoms with Gasteiger partial charge in [-0.1, -0.05) is 0 Å². The Balaban J connectivity index is 2.10. The SMILES string of the molecule is Cn1c(N2CCCC[C@@H]2Cn2cccn2)c(C#N)c(=O)n(C)c1=O. The van der Waals surface area contributed by atoms with E-state index in [1.165, 1.54) is 11.6 Å². The predicted molar refractivity (Wildman–Crippen MR) is 88.9 cm³/mol. The van der Waals surface area contributed by atoms with E-state index in [9.17, 15) is 14.9 Å². The van der Waals surface area contributed by atoms with Crippen molar-refractivity contribution in [3.63, 3.8) is 0 Å². The first-order chi connectivity index (χ1) is 11.5. The van der Waals surface area contributed by atoms with E-state index in [-0.39, 0.29) is 11.6 Å². The first kappa shape index (κ1) is 16.1. The number of nitrogens with zero attached hydrogens (tertiary/aromatic N) is 6. The maximum absolute atomic E-state index is 12.3. The summed E-state index contributed by atoms with van der Waals surface area (Å²) >= 11 is 0. The Hall–Kier alpha value is -2.82. The molecule has 24 heavy (non-hydrogen) atoms. The third-order valence-electron chi connectivity index (χ3n) is 4.60. The van der Waals surface area contributed by atoms with Crippen molar-refractivity contribution < 1.29 is 0 Å². The molecule has 0 radical (unpaired) electrons. The Labute approximate surface area is 139 Å². The molecule has 1 saturated heterocycles. The molecule has 3 rings (SSSR count). The minimum atomic E-state index is -0.543. The number of hydrogen-bond acceptors (Lipinski definition) is 5. The molecule has 0 amide bonds. The molecule has 0 aliphatic carbocycles. The highest BCUT2D eigenvalue weighted by atomic mass is 16.2. The van der Waals surface area contributed by atoms with Gasteiger partial charge in [-0.3, -0.25) is 18.6 Å². The van der Waals surface area contributed by atoms with Crippen molar-refractivity contribution in [3.05, 3.63) is 44.9 Å². The zero-order valence-electron chi connectivity index (χ0n) is 13.8. The lowest BCUT2D eigenvalue weighted by Crippen LogP contribution is -2.48. The summed E-state index contributed by atoms with van der Waals surface area (Å²) in [7, 11) is 3.00. The van der Waals surface area contributed by atoms with Crippen LogP contribution in [0.5, 0.6) is 0 Å². The number of nitriles is 1. The van der Waals surface area contributed by atoms with E-state index in [0.717, 1.165) is 23.8 Å². The largest absolute Gasteiger partial charge is 0.352 e. The fourth-order valence-electron chi connectivity index (χ4n) is 3.36. The van der Waals surface area contributed by atoms with Gasteiger partial charge in [0.05, 0.1) is 6.54 Å². The lowest BCUT2D eigenvalue weighted by molar-refractivity contribution is 0.391. The summed E-state index contributed by atoms with van der Waals surface area (Å²) in [5.41, 5.74) is -0.941. The molecule has 0 aromatic carbocycles. The Morgan fingerprint density at radius 2 is 2.08 bits per heavy atom. The highest BCUT2D eigenvalue weighted by Gasteiger charge is 2.29. The lowest BCUT2D eigenvalue weighted by atomic mass is 10.0. The van der Waals surface area contributed by atoms with Crippen molar-refractivity contribution in [2.45, 2.75) is 31.8 Å². The van der Waals surface area contributed by atoms with Crippen LogP contribution in [0.25, 0.3) is 0 Å². The van der Waals surface area contributed by atoms with Gasteiger partial charge in [0.15, 0.2) is 5.56 Å². The Kier molecular flexibility index (Phi) is 4.25. The van der Waals surface area contributed by atoms with Crippen LogP contribution in [-0.2, 0) is 20.6 Å². The van der Waals surface area contributed by atoms with Crippen molar-refractivity contribution in [1.82, 2.24) is 18.9 Å². The maximum atomic E-state index is 12.3. The second kappa shape index (κ2) is 6.35. The summed E-state index contributed by atoms with van der Waals surface area (Å²) < 4.78 is 4.23. The van der Waals surface area contributed by atoms with Crippen LogP contribution in [0, 0.1) is 11.3 Å². The number of hydrogen-bond donors (Lipinski definition) is 0. The van der Waals surface area contributed by atoms with Gasteiger partial charge in [-0.05, 0) is 25.3 Å². The fraction of sp³-hybridized carbons (Fsp3) is 0.500. The zero-order valence-corrected chi connectivity index (χ0v) is 13.8. The normalized spacial score (nSPS) is 17.7. The summed E-state index contributed by atoms with van der Waals surface area (Å²) in [5, 5.41) is 13.7. The van der Waals surface area contributed by atoms with Crippen molar-refractivity contribution >= 4 is 5.82 Å². The summed E-state index contributed by atoms with van der Waals surface area (Å²) in [5.74, 6) is 0.419. The van der Waals surface area contributed by atoms with Gasteiger partial charge < -0.3 is 4.90 Å². The predicted octanol–water partition coefficient (Wildman–Crippen LogP) is 0.211. The Morgan fingerprint density at radius 1 is 1.29 bits per heavy atom. The van der Waals surface area contributed by atoms with Crippen molar-refractivity contribution in [3.8, 4) is 6.07 Å². The van der Waals surface area contributed by atoms with E-state index in [0.29, 0.717) is 18.9 Å². The van der Waals surface area contributed by atoms with E-state index in [4.69, 9.17) is 0 Å². The Bertz CT molecular complexity index is 887. The van der Waals surface area contributed by atoms with Crippen LogP contribution in [0.4, 0.5) is 5.82 Å². The second-order valence-electron chi connectivity index (χ2n) is 6.09. The van der Waals surface area contributed by atoms with Gasteiger partial charge in [0, 0.05) is 39.1 Å². The van der Waals surface area contributed by atoms with Crippen LogP contribution in [-0.4, -0.2) is 31.5 Å². The van der Waals surface area contributed by atoms with E-state index < -0.39 is 11.2 Å². The molecule has 1 aliphatic heterocycles. The highest BCUT2D eigenvalue weighted by molar-refractivity contribution is 5.54. The first-order valence-corrected chi connectivity index (χ1v) is 7.98. The average Bonchev–Trinajstić information content (AvgIpc) is 3.10. The number of piperidine rings is 1. The molecular formula is C16H20N6O2. The van der Waals surface area contributed by atoms with E-state index >= 15 is 0 Å². The summed E-state index contributed by atoms with van der Waals surface area (Å²) in [6.45, 7) is 1.36. The minimum absolute atomic E-state index is 0.0203. The molecule has 0 saturated carbocycles. The molecule has 2 aromatic rings. The molecule has 1 fully saturated rings. The highest BCUT2D eigenvalue weighted by Crippen LogP contribution is 2.26. The van der Waals surface area contributed by atoms with Crippen LogP contribution in [0.1, 0.15) is 24.8 Å². The molecule has 0 bridgehead atoms. The molecule has 0 unspecified atom stereocenters. The van der Waals surface area contributed by atoms with Gasteiger partial charge in [0.2, 0.25) is 0 Å². The fourth-order valence-corrected chi connectivity index (χ4v) is 3.36. The van der Waals surface area contributed by atoms with E-state index in [1.54, 1.807) is 13.2 Å². The van der Waals surface area contributed by atoms with Gasteiger partial charge in [-0.25, -0.2) is 4.79 Å². The van der Waals surface area contributed by atoms with Gasteiger partial charge in [0.25, 0.3) is 5.56 Å². The maximum Gasteiger partial charge on any atom is 0.332 e. The van der Waals surface area contributed by atoms with Crippen LogP contribution >= 0.6 is 0 Å². The zero-order chi connectivity index (χ0) is 17.3. The standard InChI is InChI=1S/C16H20N6O2/c1-19-14(13(10-17)15(23)20(2)16(19)24)22-9-4-3-6-12(22)11-21-8-5-7-18-21/h5,7-8,12H,3-4,6,9,11H2,1-2H3/t12-/m1/s1. The molecule has 8 heteroatoms. The molecule has 8 nitrogen and oxygen atoms in total. The van der Waals surface area contributed by atoms with Crippen LogP contribution in [0.3, 0.4) is 0 Å². The van der Waals surface area contributed by atoms with Gasteiger partial charge in [-0.2, -0.15) is 10.4 Å². The van der Waals surface area contributed by atoms with Crippen molar-refractivity contribution in [1.29, 1.82) is 5.26 Å². The summed E-state index contributed by atoms with van der Waals surface area (Å²) in [4.78, 5) is 26.7. The van der Waals surface area contributed by atoms with E-state index in [1.807, 2.05) is 27.9 Å². The molecular weight excluding hydrogens is 308 g/mol. The smallest absolute Gasteiger partial charge is 0.332 e. The van der Waals surface area contributed by atoms with Gasteiger partial charge >= 0.3 is 5.69 Å². The number of anilines is 1. The topological polar surface area (TPSA) is 88.8 Å². The Morgan fingerprint density at radius 3 is 2.75 bits per heavy atom. The number of rotatable bonds is 3. The molecule has 0 N–H and O–H groups in total. The summed E-state index contributed by atoms with van der Waals surface area (Å²) in [6, 6.07) is 3.94. The molecule has 3 heterocycles. The summed E-state index contributed by atoms with van der Waals surface area (Å²) in [6.07, 6.45) is 6.57. The van der Waals surface area contributed by atoms with Gasteiger partial charge in [-0.15, -0.1) is 0 Å². The lowest BCUT2D eigenvalue weighted by Gasteiger charge is -2.38. The first-order valence-electron chi connectivity index (χ1n) is 7.98. The molecule has 126 valence electrons. The second-order valence-corrected chi connectivity index (χ2v) is 6.09. The molecule has 1 aliphatic rings. The van der Waals surface area contributed by atoms with E-state index in [2.05, 4.69) is 5.10 Å². The minimum Gasteiger partial charge on any atom is -0.352 e. The third kappa shape index (κ3) is 2.62. The van der Waals surface area contributed by atoms with Crippen LogP contribution in [0.2, 0.25) is 0 Å². The molecule has 2 aromatic heterocycles. The third-order valence-corrected chi connectivity index (χ3v) is 4.60. The quantitative estimate of drug-likeness (QED) is 0.804. The van der Waals surface area contributed by atoms with Crippen molar-refractivity contribution in [2.75, 3.05) is 11.4 Å². The van der Waals surface area contributed by atoms with Crippen LogP contribution in [0.15, 0.2) is 28.0 Å². The van der Waals surface area contributed by atoms with Crippen LogP contribution < -0.4 is 16.1 Å².